The van der Waals surface area contributed by atoms with Gasteiger partial charge in [0.15, 0.2) is 0 Å². The average molecular weight is 438 g/mol. The van der Waals surface area contributed by atoms with Gasteiger partial charge in [-0.05, 0) is 37.3 Å². The quantitative estimate of drug-likeness (QED) is 0.628. The van der Waals surface area contributed by atoms with Gasteiger partial charge in [0, 0.05) is 18.3 Å². The van der Waals surface area contributed by atoms with Crippen LogP contribution in [0, 0.1) is 11.2 Å². The Labute approximate surface area is 173 Å². The highest BCUT2D eigenvalue weighted by molar-refractivity contribution is 7.89. The molecule has 1 aliphatic heterocycles. The topological polar surface area (TPSA) is 107 Å². The number of methoxy groups -OCH3 is 1. The fourth-order valence-corrected chi connectivity index (χ4v) is 4.69. The van der Waals surface area contributed by atoms with Crippen molar-refractivity contribution in [2.75, 3.05) is 25.2 Å². The maximum absolute atomic E-state index is 14.6. The second-order valence-electron chi connectivity index (χ2n) is 6.76. The molecule has 154 valence electrons. The number of sulfonamides is 1. The monoisotopic (exact) mass is 437 g/mol. The summed E-state index contributed by atoms with van der Waals surface area (Å²) in [5.41, 5.74) is -0.242. The SMILES string of the molecule is COc1ccc(C(=S)Nc2ccc(F)c([C@]3(C)CS(=O)(=O)N(C)C(=N)N3)c2)nc1. The summed E-state index contributed by atoms with van der Waals surface area (Å²) in [5.74, 6) is -0.726. The van der Waals surface area contributed by atoms with Gasteiger partial charge in [0.1, 0.15) is 16.6 Å². The van der Waals surface area contributed by atoms with E-state index in [2.05, 4.69) is 15.6 Å². The third-order valence-electron chi connectivity index (χ3n) is 4.62. The highest BCUT2D eigenvalue weighted by Crippen LogP contribution is 2.31. The van der Waals surface area contributed by atoms with E-state index in [0.29, 0.717) is 22.1 Å². The van der Waals surface area contributed by atoms with Crippen molar-refractivity contribution in [2.45, 2.75) is 12.5 Å². The first-order chi connectivity index (χ1) is 13.6. The van der Waals surface area contributed by atoms with E-state index in [1.165, 1.54) is 45.5 Å². The number of nitrogens with zero attached hydrogens (tertiary/aromatic N) is 2. The van der Waals surface area contributed by atoms with Crippen molar-refractivity contribution in [3.63, 3.8) is 0 Å². The van der Waals surface area contributed by atoms with Crippen molar-refractivity contribution in [3.05, 3.63) is 53.6 Å². The van der Waals surface area contributed by atoms with Crippen LogP contribution in [0.1, 0.15) is 18.2 Å². The van der Waals surface area contributed by atoms with E-state index in [0.717, 1.165) is 4.31 Å². The highest BCUT2D eigenvalue weighted by atomic mass is 32.2. The summed E-state index contributed by atoms with van der Waals surface area (Å²) in [4.78, 5) is 4.51. The van der Waals surface area contributed by atoms with E-state index in [-0.39, 0.29) is 11.5 Å². The van der Waals surface area contributed by atoms with E-state index >= 15 is 0 Å². The summed E-state index contributed by atoms with van der Waals surface area (Å²) in [5, 5.41) is 13.7. The van der Waals surface area contributed by atoms with Crippen LogP contribution in [0.3, 0.4) is 0 Å². The molecule has 2 aromatic rings. The number of nitrogens with one attached hydrogen (secondary N) is 3. The molecule has 3 N–H and O–H groups in total. The molecule has 3 rings (SSSR count). The van der Waals surface area contributed by atoms with Gasteiger partial charge in [0.2, 0.25) is 16.0 Å². The molecule has 1 aliphatic rings. The van der Waals surface area contributed by atoms with E-state index in [1.807, 2.05) is 0 Å². The summed E-state index contributed by atoms with van der Waals surface area (Å²) >= 11 is 5.35. The van der Waals surface area contributed by atoms with Crippen LogP contribution in [0.25, 0.3) is 0 Å². The van der Waals surface area contributed by atoms with Gasteiger partial charge < -0.3 is 15.4 Å². The molecular formula is C18H20FN5O3S2. The maximum atomic E-state index is 14.6. The molecule has 1 fully saturated rings. The maximum Gasteiger partial charge on any atom is 0.239 e. The van der Waals surface area contributed by atoms with Crippen LogP contribution in [0.5, 0.6) is 5.75 Å². The lowest BCUT2D eigenvalue weighted by Gasteiger charge is -2.40. The number of hydrogen-bond acceptors (Lipinski definition) is 6. The van der Waals surface area contributed by atoms with Gasteiger partial charge in [0.05, 0.1) is 30.3 Å². The Morgan fingerprint density at radius 2 is 2.14 bits per heavy atom. The Hall–Kier alpha value is -2.79. The molecule has 11 heteroatoms. The van der Waals surface area contributed by atoms with E-state index in [4.69, 9.17) is 22.4 Å². The fraction of sp³-hybridized carbons (Fsp3) is 0.278. The number of pyridine rings is 1. The fourth-order valence-electron chi connectivity index (χ4n) is 2.98. The number of aromatic nitrogens is 1. The molecular weight excluding hydrogens is 417 g/mol. The van der Waals surface area contributed by atoms with Crippen molar-refractivity contribution in [3.8, 4) is 5.75 Å². The minimum atomic E-state index is -3.76. The standard InChI is InChI=1S/C18H20FN5O3S2/c1-18(10-29(25,26)24(2)17(20)23-18)13-8-11(4-6-14(13)19)22-16(28)15-7-5-12(27-3)9-21-15/h4-9H,10H2,1-3H3,(H2,20,23)(H,22,28)/t18-/m0/s1. The molecule has 0 amide bonds. The molecule has 2 heterocycles. The van der Waals surface area contributed by atoms with Crippen molar-refractivity contribution < 1.29 is 17.5 Å². The Morgan fingerprint density at radius 1 is 1.41 bits per heavy atom. The zero-order chi connectivity index (χ0) is 21.4. The van der Waals surface area contributed by atoms with Crippen molar-refractivity contribution in [1.29, 1.82) is 5.41 Å². The Bertz CT molecular complexity index is 1080. The number of thiocarbonyl (C=S) groups is 1. The first kappa shape index (κ1) is 20.9. The molecule has 0 unspecified atom stereocenters. The van der Waals surface area contributed by atoms with Crippen molar-refractivity contribution in [2.24, 2.45) is 0 Å². The molecule has 1 saturated heterocycles. The predicted octanol–water partition coefficient (Wildman–Crippen LogP) is 2.03. The van der Waals surface area contributed by atoms with E-state index in [9.17, 15) is 12.8 Å². The molecule has 0 aliphatic carbocycles. The van der Waals surface area contributed by atoms with Gasteiger partial charge in [-0.2, -0.15) is 0 Å². The first-order valence-electron chi connectivity index (χ1n) is 8.50. The van der Waals surface area contributed by atoms with Crippen LogP contribution in [0.4, 0.5) is 10.1 Å². The van der Waals surface area contributed by atoms with E-state index in [1.54, 1.807) is 12.1 Å². The molecule has 0 spiro atoms. The van der Waals surface area contributed by atoms with Gasteiger partial charge in [-0.15, -0.1) is 0 Å². The van der Waals surface area contributed by atoms with Crippen LogP contribution >= 0.6 is 12.2 Å². The summed E-state index contributed by atoms with van der Waals surface area (Å²) in [6.07, 6.45) is 1.53. The predicted molar refractivity (Wildman–Crippen MR) is 112 cm³/mol. The van der Waals surface area contributed by atoms with Crippen molar-refractivity contribution >= 4 is 38.9 Å². The molecule has 0 saturated carbocycles. The van der Waals surface area contributed by atoms with Crippen LogP contribution in [0.15, 0.2) is 36.5 Å². The summed E-state index contributed by atoms with van der Waals surface area (Å²) in [6, 6.07) is 7.60. The molecule has 1 atom stereocenters. The van der Waals surface area contributed by atoms with Gasteiger partial charge in [0.25, 0.3) is 0 Å². The molecule has 29 heavy (non-hydrogen) atoms. The number of anilines is 1. The largest absolute Gasteiger partial charge is 0.495 e. The van der Waals surface area contributed by atoms with Gasteiger partial charge in [-0.25, -0.2) is 22.1 Å². The average Bonchev–Trinajstić information content (AvgIpc) is 2.67. The zero-order valence-corrected chi connectivity index (χ0v) is 17.6. The number of hydrogen-bond donors (Lipinski definition) is 3. The Balaban J connectivity index is 1.90. The summed E-state index contributed by atoms with van der Waals surface area (Å²) < 4.78 is 45.2. The lowest BCUT2D eigenvalue weighted by Crippen LogP contribution is -2.61. The Kier molecular flexibility index (Phi) is 5.46. The number of benzene rings is 1. The first-order valence-corrected chi connectivity index (χ1v) is 10.5. The third-order valence-corrected chi connectivity index (χ3v) is 6.89. The normalized spacial score (nSPS) is 20.7. The molecule has 0 bridgehead atoms. The number of ether oxygens (including phenoxy) is 1. The Morgan fingerprint density at radius 3 is 2.72 bits per heavy atom. The third kappa shape index (κ3) is 4.15. The minimum absolute atomic E-state index is 0.106. The van der Waals surface area contributed by atoms with Crippen LogP contribution in [0.2, 0.25) is 0 Å². The molecule has 0 radical (unpaired) electrons. The second kappa shape index (κ2) is 7.56. The summed E-state index contributed by atoms with van der Waals surface area (Å²) in [7, 11) is -0.948. The van der Waals surface area contributed by atoms with Gasteiger partial charge in [-0.3, -0.25) is 5.41 Å². The molecule has 1 aromatic carbocycles. The van der Waals surface area contributed by atoms with Crippen molar-refractivity contribution in [1.82, 2.24) is 14.6 Å². The number of guanidine groups is 1. The van der Waals surface area contributed by atoms with Crippen LogP contribution < -0.4 is 15.4 Å². The summed E-state index contributed by atoms with van der Waals surface area (Å²) in [6.45, 7) is 1.54. The number of rotatable bonds is 4. The number of halogens is 1. The van der Waals surface area contributed by atoms with Crippen LogP contribution in [-0.4, -0.2) is 48.6 Å². The van der Waals surface area contributed by atoms with Crippen LogP contribution in [-0.2, 0) is 15.6 Å². The van der Waals surface area contributed by atoms with E-state index < -0.39 is 27.1 Å². The zero-order valence-electron chi connectivity index (χ0n) is 16.0. The second-order valence-corrected chi connectivity index (χ2v) is 9.17. The lowest BCUT2D eigenvalue weighted by molar-refractivity contribution is 0.403. The van der Waals surface area contributed by atoms with Gasteiger partial charge >= 0.3 is 0 Å². The molecule has 8 nitrogen and oxygen atoms in total. The lowest BCUT2D eigenvalue weighted by atomic mass is 9.93. The highest BCUT2D eigenvalue weighted by Gasteiger charge is 2.43. The van der Waals surface area contributed by atoms with Gasteiger partial charge in [-0.1, -0.05) is 12.2 Å². The smallest absolute Gasteiger partial charge is 0.239 e. The molecule has 1 aromatic heterocycles. The minimum Gasteiger partial charge on any atom is -0.495 e.